The zero-order valence-electron chi connectivity index (χ0n) is 39.3. The molecule has 7 aromatic carbocycles. The van der Waals surface area contributed by atoms with E-state index in [1.54, 1.807) is 0 Å². The monoisotopic (exact) mass is 842 g/mol. The number of benzene rings is 7. The Labute approximate surface area is 377 Å². The topological polar surface area (TPSA) is 77.8 Å². The quantitative estimate of drug-likeness (QED) is 0.155. The van der Waals surface area contributed by atoms with Gasteiger partial charge in [0.1, 0.15) is 0 Å². The lowest BCUT2D eigenvalue weighted by Gasteiger charge is -2.25. The predicted octanol–water partition coefficient (Wildman–Crippen LogP) is 16.0. The van der Waals surface area contributed by atoms with Crippen molar-refractivity contribution in [1.29, 1.82) is 0 Å². The largest absolute Gasteiger partial charge is 0.416 e. The van der Waals surface area contributed by atoms with Crippen LogP contribution >= 0.6 is 0 Å². The maximum atomic E-state index is 6.27. The molecular weight excluding hydrogens is 785 g/mol. The Balaban J connectivity index is 1.14. The molecule has 0 radical (unpaired) electrons. The van der Waals surface area contributed by atoms with Gasteiger partial charge in [-0.05, 0) is 148 Å². The molecule has 0 aliphatic rings. The third kappa shape index (κ3) is 8.18. The average molecular weight is 843 g/mol. The summed E-state index contributed by atoms with van der Waals surface area (Å²) in [5.74, 6) is 2.00. The third-order valence-electron chi connectivity index (χ3n) is 12.5. The first-order valence-corrected chi connectivity index (χ1v) is 22.4. The van der Waals surface area contributed by atoms with E-state index in [0.29, 0.717) is 23.6 Å². The molecule has 0 bridgehead atoms. The van der Waals surface area contributed by atoms with Gasteiger partial charge in [0.25, 0.3) is 0 Å². The molecule has 0 fully saturated rings. The van der Waals surface area contributed by atoms with E-state index in [1.165, 1.54) is 54.9 Å². The van der Waals surface area contributed by atoms with E-state index < -0.39 is 0 Å². The maximum Gasteiger partial charge on any atom is 0.248 e. The van der Waals surface area contributed by atoms with Gasteiger partial charge in [0.2, 0.25) is 23.6 Å². The molecule has 2 aromatic heterocycles. The van der Waals surface area contributed by atoms with Gasteiger partial charge in [-0.15, -0.1) is 20.4 Å². The van der Waals surface area contributed by atoms with Crippen LogP contribution in [0.4, 0.5) is 0 Å². The second kappa shape index (κ2) is 15.5. The number of aromatic nitrogens is 4. The molecule has 322 valence electrons. The minimum Gasteiger partial charge on any atom is -0.416 e. The van der Waals surface area contributed by atoms with Crippen molar-refractivity contribution in [2.75, 3.05) is 0 Å². The van der Waals surface area contributed by atoms with Crippen LogP contribution in [0.1, 0.15) is 105 Å². The van der Waals surface area contributed by atoms with Gasteiger partial charge in [-0.3, -0.25) is 0 Å². The number of hydrogen-bond donors (Lipinski definition) is 0. The zero-order chi connectivity index (χ0) is 45.3. The smallest absolute Gasteiger partial charge is 0.248 e. The summed E-state index contributed by atoms with van der Waals surface area (Å²) in [6.07, 6.45) is 0. The highest BCUT2D eigenvalue weighted by Crippen LogP contribution is 2.46. The van der Waals surface area contributed by atoms with Crippen LogP contribution in [0.5, 0.6) is 0 Å². The molecule has 64 heavy (non-hydrogen) atoms. The molecule has 0 aliphatic heterocycles. The third-order valence-corrected chi connectivity index (χ3v) is 12.5. The van der Waals surface area contributed by atoms with Gasteiger partial charge in [0.15, 0.2) is 0 Å². The molecular formula is C58H58N4O2. The Hall–Kier alpha value is -6.66. The fourth-order valence-corrected chi connectivity index (χ4v) is 8.48. The molecule has 0 unspecified atom stereocenters. The van der Waals surface area contributed by atoms with Gasteiger partial charge in [-0.2, -0.15) is 0 Å². The summed E-state index contributed by atoms with van der Waals surface area (Å²) in [4.78, 5) is 0. The molecule has 0 saturated heterocycles. The van der Waals surface area contributed by atoms with Gasteiger partial charge in [0, 0.05) is 22.3 Å². The lowest BCUT2D eigenvalue weighted by molar-refractivity contribution is 0.582. The van der Waals surface area contributed by atoms with Gasteiger partial charge >= 0.3 is 0 Å². The maximum absolute atomic E-state index is 6.27. The predicted molar refractivity (Wildman–Crippen MR) is 265 cm³/mol. The Morgan fingerprint density at radius 2 is 0.500 bits per heavy atom. The minimum absolute atomic E-state index is 0.0531. The van der Waals surface area contributed by atoms with Crippen LogP contribution in [0.25, 0.3) is 89.6 Å². The standard InChI is InChI=1S/C58H58N4O2/c1-55(2,3)41-25-21-39(22-26-41)53-61-59-51(63-53)37-17-13-35(14-18-37)49-45-31-29-44(58(10,11)12)34-48(45)50(46-32-30-43(33-47(46)49)57(7,8)9)36-15-19-38(20-16-36)52-60-62-54(64-52)40-23-27-42(28-24-40)56(4,5)6/h13-34H,1-12H3. The molecule has 0 atom stereocenters. The van der Waals surface area contributed by atoms with Crippen molar-refractivity contribution >= 4 is 21.5 Å². The molecule has 0 saturated carbocycles. The van der Waals surface area contributed by atoms with Crippen molar-refractivity contribution in [2.24, 2.45) is 0 Å². The lowest BCUT2D eigenvalue weighted by Crippen LogP contribution is -2.11. The Kier molecular flexibility index (Phi) is 10.4. The van der Waals surface area contributed by atoms with Gasteiger partial charge < -0.3 is 8.83 Å². The molecule has 6 nitrogen and oxygen atoms in total. The van der Waals surface area contributed by atoms with E-state index in [2.05, 4.69) is 237 Å². The van der Waals surface area contributed by atoms with Crippen LogP contribution in [0.15, 0.2) is 142 Å². The highest BCUT2D eigenvalue weighted by atomic mass is 16.4. The normalized spacial score (nSPS) is 12.7. The van der Waals surface area contributed by atoms with Gasteiger partial charge in [-0.25, -0.2) is 0 Å². The van der Waals surface area contributed by atoms with Crippen molar-refractivity contribution in [3.05, 3.63) is 156 Å². The molecule has 0 amide bonds. The number of nitrogens with zero attached hydrogens (tertiary/aromatic N) is 4. The van der Waals surface area contributed by atoms with Crippen LogP contribution in [-0.2, 0) is 21.7 Å². The molecule has 9 aromatic rings. The van der Waals surface area contributed by atoms with Crippen LogP contribution < -0.4 is 0 Å². The van der Waals surface area contributed by atoms with E-state index >= 15 is 0 Å². The molecule has 2 heterocycles. The fourth-order valence-electron chi connectivity index (χ4n) is 8.48. The Bertz CT molecular complexity index is 2930. The second-order valence-corrected chi connectivity index (χ2v) is 21.4. The fraction of sp³-hybridized carbons (Fsp3) is 0.276. The van der Waals surface area contributed by atoms with Crippen LogP contribution in [-0.4, -0.2) is 20.4 Å². The van der Waals surface area contributed by atoms with Gasteiger partial charge in [0.05, 0.1) is 0 Å². The first kappa shape index (κ1) is 42.6. The number of hydrogen-bond acceptors (Lipinski definition) is 6. The molecule has 0 N–H and O–H groups in total. The number of rotatable bonds is 6. The minimum atomic E-state index is -0.0531. The second-order valence-electron chi connectivity index (χ2n) is 21.4. The Morgan fingerprint density at radius 1 is 0.266 bits per heavy atom. The van der Waals surface area contributed by atoms with Crippen molar-refractivity contribution < 1.29 is 8.83 Å². The number of fused-ring (bicyclic) bond motifs is 2. The van der Waals surface area contributed by atoms with Gasteiger partial charge in [-0.1, -0.05) is 156 Å². The van der Waals surface area contributed by atoms with Crippen molar-refractivity contribution in [3.8, 4) is 68.1 Å². The molecule has 9 rings (SSSR count). The summed E-state index contributed by atoms with van der Waals surface area (Å²) < 4.78 is 12.5. The van der Waals surface area contributed by atoms with Crippen LogP contribution in [0.3, 0.4) is 0 Å². The molecule has 0 aliphatic carbocycles. The molecule has 0 spiro atoms. The van der Waals surface area contributed by atoms with E-state index in [4.69, 9.17) is 8.83 Å². The van der Waals surface area contributed by atoms with Crippen molar-refractivity contribution in [1.82, 2.24) is 20.4 Å². The first-order valence-electron chi connectivity index (χ1n) is 22.4. The highest BCUT2D eigenvalue weighted by Gasteiger charge is 2.24. The van der Waals surface area contributed by atoms with Crippen LogP contribution in [0, 0.1) is 0 Å². The summed E-state index contributed by atoms with van der Waals surface area (Å²) in [7, 11) is 0. The summed E-state index contributed by atoms with van der Waals surface area (Å²) in [6.45, 7) is 26.9. The van der Waals surface area contributed by atoms with Crippen LogP contribution in [0.2, 0.25) is 0 Å². The summed E-state index contributed by atoms with van der Waals surface area (Å²) in [5.41, 5.74) is 13.3. The summed E-state index contributed by atoms with van der Waals surface area (Å²) in [5, 5.41) is 22.6. The zero-order valence-corrected chi connectivity index (χ0v) is 39.3. The summed E-state index contributed by atoms with van der Waals surface area (Å²) >= 11 is 0. The SMILES string of the molecule is CC(C)(C)c1ccc(-c2nnc(-c3ccc(-c4c5ccc(C(C)(C)C)cc5c(-c5ccc(-c6nnc(-c7ccc(C(C)(C)C)cc7)o6)cc5)c5ccc(C(C)(C)C)cc45)cc3)o2)cc1. The first-order chi connectivity index (χ1) is 30.2. The summed E-state index contributed by atoms with van der Waals surface area (Å²) in [6, 6.07) is 48.0. The van der Waals surface area contributed by atoms with E-state index in [1.807, 2.05) is 0 Å². The van der Waals surface area contributed by atoms with E-state index in [0.717, 1.165) is 33.4 Å². The van der Waals surface area contributed by atoms with E-state index in [-0.39, 0.29) is 21.7 Å². The molecule has 6 heteroatoms. The van der Waals surface area contributed by atoms with E-state index in [9.17, 15) is 0 Å². The Morgan fingerprint density at radius 3 is 0.766 bits per heavy atom. The highest BCUT2D eigenvalue weighted by molar-refractivity contribution is 6.21. The average Bonchev–Trinajstić information content (AvgIpc) is 3.96. The lowest BCUT2D eigenvalue weighted by atomic mass is 9.79. The van der Waals surface area contributed by atoms with Crippen molar-refractivity contribution in [2.45, 2.75) is 105 Å². The van der Waals surface area contributed by atoms with Crippen molar-refractivity contribution in [3.63, 3.8) is 0 Å².